The third kappa shape index (κ3) is 2.65. The molecule has 34 heavy (non-hydrogen) atoms. The number of halogens is 1. The third-order valence-electron chi connectivity index (χ3n) is 7.01. The molecule has 6 nitrogen and oxygen atoms in total. The van der Waals surface area contributed by atoms with Crippen LogP contribution in [-0.4, -0.2) is 29.0 Å². The number of ketones is 2. The van der Waals surface area contributed by atoms with E-state index in [9.17, 15) is 19.2 Å². The summed E-state index contributed by atoms with van der Waals surface area (Å²) in [4.78, 5) is 56.1. The topological polar surface area (TPSA) is 80.8 Å². The van der Waals surface area contributed by atoms with Crippen molar-refractivity contribution in [2.45, 2.75) is 18.6 Å². The summed E-state index contributed by atoms with van der Waals surface area (Å²) in [5, 5.41) is 0. The summed E-state index contributed by atoms with van der Waals surface area (Å²) in [7, 11) is 0. The number of rotatable bonds is 2. The van der Waals surface area contributed by atoms with E-state index in [0.29, 0.717) is 11.3 Å². The summed E-state index contributed by atoms with van der Waals surface area (Å²) in [6.07, 6.45) is -0.912. The Labute approximate surface area is 203 Å². The van der Waals surface area contributed by atoms with Crippen molar-refractivity contribution in [1.29, 1.82) is 0 Å². The second-order valence-electron chi connectivity index (χ2n) is 8.88. The van der Waals surface area contributed by atoms with Gasteiger partial charge >= 0.3 is 0 Å². The highest BCUT2D eigenvalue weighted by Crippen LogP contribution is 2.57. The van der Waals surface area contributed by atoms with E-state index in [-0.39, 0.29) is 11.1 Å². The molecule has 0 aromatic heterocycles. The first kappa shape index (κ1) is 21.1. The highest BCUT2D eigenvalue weighted by Gasteiger charge is 2.74. The number of hydrogen-bond donors (Lipinski definition) is 0. The normalized spacial score (nSPS) is 24.8. The van der Waals surface area contributed by atoms with E-state index in [4.69, 9.17) is 4.74 Å². The van der Waals surface area contributed by atoms with Crippen molar-refractivity contribution in [3.05, 3.63) is 99.5 Å². The number of imide groups is 1. The number of ether oxygens (including phenoxy) is 1. The summed E-state index contributed by atoms with van der Waals surface area (Å²) >= 11 is 3.36. The number of anilines is 1. The van der Waals surface area contributed by atoms with E-state index in [1.165, 1.54) is 0 Å². The van der Waals surface area contributed by atoms with Crippen molar-refractivity contribution in [2.75, 3.05) is 4.90 Å². The van der Waals surface area contributed by atoms with Gasteiger partial charge in [0.2, 0.25) is 29.0 Å². The molecule has 0 bridgehead atoms. The predicted octanol–water partition coefficient (Wildman–Crippen LogP) is 4.45. The minimum absolute atomic E-state index is 0.221. The van der Waals surface area contributed by atoms with Crippen molar-refractivity contribution in [3.63, 3.8) is 0 Å². The van der Waals surface area contributed by atoms with Gasteiger partial charge in [0.15, 0.2) is 0 Å². The van der Waals surface area contributed by atoms with Crippen LogP contribution in [-0.2, 0) is 14.3 Å². The molecule has 7 heteroatoms. The monoisotopic (exact) mass is 515 g/mol. The number of nitrogens with zero attached hydrogens (tertiary/aromatic N) is 1. The molecule has 168 valence electrons. The Morgan fingerprint density at radius 3 is 1.97 bits per heavy atom. The first-order valence-corrected chi connectivity index (χ1v) is 11.7. The summed E-state index contributed by atoms with van der Waals surface area (Å²) in [6, 6.07) is 20.6. The standard InChI is InChI=1S/C27H18BrNO5/c1-14-6-8-15(9-7-14)22-20-21(26(33)29(25(20)32)17-12-10-16(28)11-13-17)27(34-22)23(30)18-4-2-3-5-19(18)24(27)31/h2-13,20-22H,1H3/t20-,21-,22-/m1/s1. The Morgan fingerprint density at radius 1 is 0.794 bits per heavy atom. The molecule has 1 aliphatic carbocycles. The summed E-state index contributed by atoms with van der Waals surface area (Å²) in [5.74, 6) is -4.44. The van der Waals surface area contributed by atoms with Crippen LogP contribution >= 0.6 is 15.9 Å². The Morgan fingerprint density at radius 2 is 1.38 bits per heavy atom. The number of fused-ring (bicyclic) bond motifs is 3. The predicted molar refractivity (Wildman–Crippen MR) is 126 cm³/mol. The van der Waals surface area contributed by atoms with Gasteiger partial charge in [-0.3, -0.25) is 19.2 Å². The second-order valence-corrected chi connectivity index (χ2v) is 9.80. The van der Waals surface area contributed by atoms with Gasteiger partial charge in [-0.05, 0) is 36.8 Å². The zero-order valence-electron chi connectivity index (χ0n) is 18.0. The highest BCUT2D eigenvalue weighted by atomic mass is 79.9. The maximum atomic E-state index is 13.8. The van der Waals surface area contributed by atoms with Crippen molar-refractivity contribution < 1.29 is 23.9 Å². The van der Waals surface area contributed by atoms with Gasteiger partial charge in [-0.25, -0.2) is 4.90 Å². The van der Waals surface area contributed by atoms with Crippen LogP contribution in [0.4, 0.5) is 5.69 Å². The zero-order chi connectivity index (χ0) is 23.8. The van der Waals surface area contributed by atoms with Crippen molar-refractivity contribution in [2.24, 2.45) is 11.8 Å². The van der Waals surface area contributed by atoms with E-state index < -0.39 is 46.9 Å². The number of amides is 2. The molecule has 2 heterocycles. The molecule has 3 atom stereocenters. The lowest BCUT2D eigenvalue weighted by Gasteiger charge is -2.27. The molecule has 0 unspecified atom stereocenters. The van der Waals surface area contributed by atoms with E-state index in [0.717, 1.165) is 14.9 Å². The van der Waals surface area contributed by atoms with Crippen LogP contribution in [0.2, 0.25) is 0 Å². The maximum Gasteiger partial charge on any atom is 0.241 e. The van der Waals surface area contributed by atoms with Crippen LogP contribution in [0.5, 0.6) is 0 Å². The van der Waals surface area contributed by atoms with Gasteiger partial charge in [-0.1, -0.05) is 70.0 Å². The molecule has 0 radical (unpaired) electrons. The lowest BCUT2D eigenvalue weighted by atomic mass is 9.77. The molecular weight excluding hydrogens is 498 g/mol. The van der Waals surface area contributed by atoms with Crippen molar-refractivity contribution >= 4 is 45.0 Å². The number of aryl methyl sites for hydroxylation is 1. The van der Waals surface area contributed by atoms with E-state index in [1.54, 1.807) is 48.5 Å². The minimum atomic E-state index is -2.05. The summed E-state index contributed by atoms with van der Waals surface area (Å²) in [6.45, 7) is 1.93. The molecule has 3 aromatic rings. The average molecular weight is 516 g/mol. The first-order valence-electron chi connectivity index (χ1n) is 10.9. The van der Waals surface area contributed by atoms with Crippen LogP contribution in [0.3, 0.4) is 0 Å². The van der Waals surface area contributed by atoms with Crippen molar-refractivity contribution in [1.82, 2.24) is 0 Å². The Kier molecular flexibility index (Phi) is 4.53. The third-order valence-corrected chi connectivity index (χ3v) is 7.54. The van der Waals surface area contributed by atoms with E-state index in [1.807, 2.05) is 31.2 Å². The lowest BCUT2D eigenvalue weighted by molar-refractivity contribution is -0.127. The fourth-order valence-electron chi connectivity index (χ4n) is 5.42. The molecule has 0 saturated carbocycles. The Bertz CT molecular complexity index is 1360. The molecule has 3 aromatic carbocycles. The molecule has 6 rings (SSSR count). The fraction of sp³-hybridized carbons (Fsp3) is 0.185. The fourth-order valence-corrected chi connectivity index (χ4v) is 5.68. The van der Waals surface area contributed by atoms with Crippen LogP contribution in [0.1, 0.15) is 37.9 Å². The number of carbonyl (C=O) groups excluding carboxylic acids is 4. The quantitative estimate of drug-likeness (QED) is 0.372. The van der Waals surface area contributed by atoms with Gasteiger partial charge in [-0.2, -0.15) is 0 Å². The van der Waals surface area contributed by atoms with Gasteiger partial charge in [0.1, 0.15) is 0 Å². The lowest BCUT2D eigenvalue weighted by Crippen LogP contribution is -2.51. The Balaban J connectivity index is 1.54. The van der Waals surface area contributed by atoms with Gasteiger partial charge in [0, 0.05) is 15.6 Å². The smallest absolute Gasteiger partial charge is 0.241 e. The minimum Gasteiger partial charge on any atom is -0.349 e. The molecule has 0 N–H and O–H groups in total. The molecule has 2 fully saturated rings. The molecule has 2 saturated heterocycles. The van der Waals surface area contributed by atoms with E-state index in [2.05, 4.69) is 15.9 Å². The zero-order valence-corrected chi connectivity index (χ0v) is 19.6. The van der Waals surface area contributed by atoms with Crippen LogP contribution in [0.25, 0.3) is 0 Å². The average Bonchev–Trinajstić information content (AvgIpc) is 3.40. The van der Waals surface area contributed by atoms with Crippen molar-refractivity contribution in [3.8, 4) is 0 Å². The molecule has 2 aliphatic heterocycles. The Hall–Kier alpha value is -3.42. The second kappa shape index (κ2) is 7.29. The van der Waals surface area contributed by atoms with Gasteiger partial charge in [0.25, 0.3) is 0 Å². The summed E-state index contributed by atoms with van der Waals surface area (Å²) < 4.78 is 7.07. The van der Waals surface area contributed by atoms with Crippen LogP contribution in [0, 0.1) is 18.8 Å². The molecular formula is C27H18BrNO5. The first-order chi connectivity index (χ1) is 16.3. The van der Waals surface area contributed by atoms with Gasteiger partial charge < -0.3 is 4.74 Å². The largest absolute Gasteiger partial charge is 0.349 e. The van der Waals surface area contributed by atoms with Gasteiger partial charge in [-0.15, -0.1) is 0 Å². The van der Waals surface area contributed by atoms with Crippen LogP contribution < -0.4 is 4.90 Å². The van der Waals surface area contributed by atoms with E-state index >= 15 is 0 Å². The van der Waals surface area contributed by atoms with Gasteiger partial charge in [0.05, 0.1) is 23.6 Å². The SMILES string of the molecule is Cc1ccc([C@H]2OC3(C(=O)c4ccccc4C3=O)[C@H]3C(=O)N(c4ccc(Br)cc4)C(=O)[C@@H]23)cc1. The maximum absolute atomic E-state index is 13.8. The number of hydrogen-bond acceptors (Lipinski definition) is 5. The molecule has 3 aliphatic rings. The highest BCUT2D eigenvalue weighted by molar-refractivity contribution is 9.10. The number of carbonyl (C=O) groups is 4. The molecule has 2 amide bonds. The number of Topliss-reactive ketones (excluding diaryl/α,β-unsaturated/α-hetero) is 2. The summed E-state index contributed by atoms with van der Waals surface area (Å²) in [5.41, 5.74) is 0.435. The molecule has 1 spiro atoms. The number of benzene rings is 3. The van der Waals surface area contributed by atoms with Crippen LogP contribution in [0.15, 0.2) is 77.3 Å².